The van der Waals surface area contributed by atoms with Crippen LogP contribution < -0.4 is 4.72 Å². The summed E-state index contributed by atoms with van der Waals surface area (Å²) in [7, 11) is -4.02. The first-order valence-corrected chi connectivity index (χ1v) is 11.1. The minimum atomic E-state index is -4.50. The Morgan fingerprint density at radius 3 is 2.83 bits per heavy atom. The number of sulfonamides is 1. The van der Waals surface area contributed by atoms with E-state index in [1.54, 1.807) is 12.4 Å². The third-order valence-corrected chi connectivity index (χ3v) is 6.95. The summed E-state index contributed by atoms with van der Waals surface area (Å²) in [5.74, 6) is -0.167. The van der Waals surface area contributed by atoms with Crippen LogP contribution in [0.2, 0.25) is 0 Å². The Morgan fingerprint density at radius 1 is 1.31 bits per heavy atom. The Hall–Kier alpha value is -2.21. The topological polar surface area (TPSA) is 105 Å². The van der Waals surface area contributed by atoms with Crippen molar-refractivity contribution in [2.45, 2.75) is 50.7 Å². The van der Waals surface area contributed by atoms with E-state index in [9.17, 15) is 21.6 Å². The van der Waals surface area contributed by atoms with E-state index < -0.39 is 34.4 Å². The Morgan fingerprint density at radius 2 is 2.10 bits per heavy atom. The number of aromatic amines is 1. The van der Waals surface area contributed by atoms with Gasteiger partial charge in [-0.05, 0) is 24.8 Å². The lowest BCUT2D eigenvalue weighted by atomic mass is 9.93. The third kappa shape index (κ3) is 4.08. The molecule has 3 heterocycles. The van der Waals surface area contributed by atoms with Crippen molar-refractivity contribution in [1.29, 1.82) is 0 Å². The van der Waals surface area contributed by atoms with Gasteiger partial charge in [0.2, 0.25) is 10.0 Å². The van der Waals surface area contributed by atoms with Crippen LogP contribution in [0.5, 0.6) is 0 Å². The molecule has 12 heteroatoms. The molecule has 0 radical (unpaired) electrons. The van der Waals surface area contributed by atoms with E-state index in [1.165, 1.54) is 0 Å². The highest BCUT2D eigenvalue weighted by Gasteiger charge is 2.39. The molecular formula is C17H21F3N6O2S. The normalized spacial score (nSPS) is 23.4. The minimum Gasteiger partial charge on any atom is -0.345 e. The number of hydrogen-bond acceptors (Lipinski definition) is 5. The van der Waals surface area contributed by atoms with Crippen molar-refractivity contribution in [2.24, 2.45) is 5.92 Å². The molecule has 2 unspecified atom stereocenters. The number of rotatable bonds is 6. The van der Waals surface area contributed by atoms with Crippen LogP contribution in [0, 0.1) is 5.92 Å². The maximum Gasteiger partial charge on any atom is 0.390 e. The summed E-state index contributed by atoms with van der Waals surface area (Å²) in [5, 5.41) is 8.53. The van der Waals surface area contributed by atoms with Crippen molar-refractivity contribution in [2.75, 3.05) is 5.75 Å². The Balaban J connectivity index is 1.58. The second-order valence-electron chi connectivity index (χ2n) is 7.47. The first kappa shape index (κ1) is 20.1. The van der Waals surface area contributed by atoms with Crippen LogP contribution in [-0.2, 0) is 10.0 Å². The maximum absolute atomic E-state index is 12.4. The molecule has 29 heavy (non-hydrogen) atoms. The van der Waals surface area contributed by atoms with Crippen LogP contribution >= 0.6 is 0 Å². The molecule has 0 bridgehead atoms. The predicted molar refractivity (Wildman–Crippen MR) is 99.8 cm³/mol. The van der Waals surface area contributed by atoms with Crippen LogP contribution in [0.15, 0.2) is 18.5 Å². The number of fused-ring (bicyclic) bond motifs is 3. The van der Waals surface area contributed by atoms with Gasteiger partial charge in [-0.25, -0.2) is 18.1 Å². The fourth-order valence-corrected chi connectivity index (χ4v) is 5.51. The summed E-state index contributed by atoms with van der Waals surface area (Å²) in [5.41, 5.74) is 2.11. The molecule has 1 fully saturated rings. The lowest BCUT2D eigenvalue weighted by Crippen LogP contribution is -2.36. The van der Waals surface area contributed by atoms with Gasteiger partial charge in [0, 0.05) is 18.2 Å². The summed E-state index contributed by atoms with van der Waals surface area (Å²) in [6.45, 7) is 2.01. The second-order valence-corrected chi connectivity index (χ2v) is 9.34. The maximum atomic E-state index is 12.4. The van der Waals surface area contributed by atoms with Crippen LogP contribution in [0.25, 0.3) is 16.8 Å². The minimum absolute atomic E-state index is 0.0641. The van der Waals surface area contributed by atoms with Crippen molar-refractivity contribution < 1.29 is 21.6 Å². The lowest BCUT2D eigenvalue weighted by Gasteiger charge is -2.16. The fraction of sp³-hybridized carbons (Fsp3) is 0.588. The van der Waals surface area contributed by atoms with Gasteiger partial charge in [-0.3, -0.25) is 4.40 Å². The molecule has 8 nitrogen and oxygen atoms in total. The van der Waals surface area contributed by atoms with Crippen molar-refractivity contribution in [1.82, 2.24) is 29.3 Å². The van der Waals surface area contributed by atoms with E-state index in [2.05, 4.69) is 24.9 Å². The van der Waals surface area contributed by atoms with E-state index in [0.717, 1.165) is 17.8 Å². The number of nitrogens with one attached hydrogen (secondary N) is 2. The molecule has 0 saturated heterocycles. The molecule has 0 aliphatic heterocycles. The van der Waals surface area contributed by atoms with Gasteiger partial charge in [0.05, 0.1) is 23.9 Å². The number of hydrogen-bond donors (Lipinski definition) is 2. The number of nitrogens with zero attached hydrogens (tertiary/aromatic N) is 4. The van der Waals surface area contributed by atoms with Gasteiger partial charge in [0.15, 0.2) is 11.3 Å². The fourth-order valence-electron chi connectivity index (χ4n) is 4.19. The molecule has 0 spiro atoms. The zero-order valence-corrected chi connectivity index (χ0v) is 16.5. The highest BCUT2D eigenvalue weighted by atomic mass is 32.2. The molecule has 1 saturated carbocycles. The zero-order chi connectivity index (χ0) is 20.8. The smallest absolute Gasteiger partial charge is 0.345 e. The quantitative estimate of drug-likeness (QED) is 0.626. The molecule has 3 aromatic rings. The third-order valence-electron chi connectivity index (χ3n) is 5.52. The van der Waals surface area contributed by atoms with Crippen LogP contribution in [-0.4, -0.2) is 51.0 Å². The van der Waals surface area contributed by atoms with Gasteiger partial charge in [0.1, 0.15) is 5.82 Å². The molecule has 1 aliphatic rings. The summed E-state index contributed by atoms with van der Waals surface area (Å²) >= 11 is 0. The van der Waals surface area contributed by atoms with E-state index in [4.69, 9.17) is 0 Å². The SMILES string of the molecule is CCC1CC(NS(=O)(=O)CCC(F)(F)F)C[C@@H]1c1nnc2cnc3[nH]ccc3n12. The average molecular weight is 430 g/mol. The van der Waals surface area contributed by atoms with Crippen LogP contribution in [0.4, 0.5) is 13.2 Å². The second kappa shape index (κ2) is 7.24. The van der Waals surface area contributed by atoms with Crippen molar-refractivity contribution in [3.05, 3.63) is 24.3 Å². The van der Waals surface area contributed by atoms with Gasteiger partial charge in [-0.2, -0.15) is 13.2 Å². The summed E-state index contributed by atoms with van der Waals surface area (Å²) in [6, 6.07) is 1.44. The van der Waals surface area contributed by atoms with Crippen LogP contribution in [0.1, 0.15) is 44.3 Å². The number of alkyl halides is 3. The highest BCUT2D eigenvalue weighted by Crippen LogP contribution is 2.41. The average Bonchev–Trinajstić information content (AvgIpc) is 3.35. The molecule has 158 valence electrons. The summed E-state index contributed by atoms with van der Waals surface area (Å²) < 4.78 is 65.8. The Labute approximate surface area is 165 Å². The molecule has 0 aromatic carbocycles. The summed E-state index contributed by atoms with van der Waals surface area (Å²) in [6.07, 6.45) is -0.686. The first-order chi connectivity index (χ1) is 13.7. The first-order valence-electron chi connectivity index (χ1n) is 9.40. The molecule has 3 atom stereocenters. The molecule has 3 aromatic heterocycles. The standard InChI is InChI=1S/C17H21F3N6O2S/c1-2-10-7-11(25-29(27,28)6-4-17(18,19)20)8-12(10)16-24-23-14-9-22-15-13(26(14)16)3-5-21-15/h3,5,9-12,21,25H,2,4,6-8H2,1H3/t10?,11?,12-/m0/s1. The van der Waals surface area contributed by atoms with Gasteiger partial charge in [-0.1, -0.05) is 13.3 Å². The van der Waals surface area contributed by atoms with Crippen LogP contribution in [0.3, 0.4) is 0 Å². The van der Waals surface area contributed by atoms with E-state index in [1.807, 2.05) is 17.4 Å². The van der Waals surface area contributed by atoms with Crippen molar-refractivity contribution in [3.8, 4) is 0 Å². The van der Waals surface area contributed by atoms with Gasteiger partial charge in [-0.15, -0.1) is 10.2 Å². The largest absolute Gasteiger partial charge is 0.390 e. The molecule has 0 amide bonds. The van der Waals surface area contributed by atoms with Gasteiger partial charge in [0.25, 0.3) is 0 Å². The van der Waals surface area contributed by atoms with E-state index >= 15 is 0 Å². The zero-order valence-electron chi connectivity index (χ0n) is 15.6. The number of H-pyrrole nitrogens is 1. The Kier molecular flexibility index (Phi) is 5.01. The number of halogens is 3. The highest BCUT2D eigenvalue weighted by molar-refractivity contribution is 7.89. The molecule has 1 aliphatic carbocycles. The van der Waals surface area contributed by atoms with Gasteiger partial charge < -0.3 is 4.98 Å². The molecular weight excluding hydrogens is 409 g/mol. The van der Waals surface area contributed by atoms with Crippen molar-refractivity contribution >= 4 is 26.8 Å². The van der Waals surface area contributed by atoms with E-state index in [0.29, 0.717) is 24.1 Å². The van der Waals surface area contributed by atoms with Gasteiger partial charge >= 0.3 is 6.18 Å². The van der Waals surface area contributed by atoms with E-state index in [-0.39, 0.29) is 11.8 Å². The monoisotopic (exact) mass is 430 g/mol. The lowest BCUT2D eigenvalue weighted by molar-refractivity contribution is -0.130. The Bertz CT molecular complexity index is 1120. The molecule has 4 rings (SSSR count). The number of aromatic nitrogens is 5. The summed E-state index contributed by atoms with van der Waals surface area (Å²) in [4.78, 5) is 7.33. The predicted octanol–water partition coefficient (Wildman–Crippen LogP) is 2.75. The molecule has 2 N–H and O–H groups in total. The van der Waals surface area contributed by atoms with Crippen molar-refractivity contribution in [3.63, 3.8) is 0 Å².